The van der Waals surface area contributed by atoms with Crippen molar-refractivity contribution in [2.75, 3.05) is 23.3 Å². The minimum atomic E-state index is 0.349. The summed E-state index contributed by atoms with van der Waals surface area (Å²) in [5, 5.41) is 3.59. The standard InChI is InChI=1S/C14H20N2/c1-14(2)9-15-12-5-3-4-6-13(12)16(10-14)11-7-8-11/h3-6,11,15H,7-10H2,1-2H3. The van der Waals surface area contributed by atoms with Crippen LogP contribution in [0, 0.1) is 5.41 Å². The van der Waals surface area contributed by atoms with Crippen LogP contribution in [0.5, 0.6) is 0 Å². The molecule has 1 heterocycles. The largest absolute Gasteiger partial charge is 0.383 e. The van der Waals surface area contributed by atoms with E-state index >= 15 is 0 Å². The summed E-state index contributed by atoms with van der Waals surface area (Å²) in [6.45, 7) is 6.93. The van der Waals surface area contributed by atoms with Crippen LogP contribution in [0.2, 0.25) is 0 Å². The van der Waals surface area contributed by atoms with Crippen LogP contribution in [0.3, 0.4) is 0 Å². The molecule has 0 unspecified atom stereocenters. The zero-order valence-electron chi connectivity index (χ0n) is 10.2. The summed E-state index contributed by atoms with van der Waals surface area (Å²) >= 11 is 0. The maximum Gasteiger partial charge on any atom is 0.0604 e. The molecule has 16 heavy (non-hydrogen) atoms. The van der Waals surface area contributed by atoms with Crippen molar-refractivity contribution in [2.24, 2.45) is 5.41 Å². The van der Waals surface area contributed by atoms with Crippen LogP contribution in [0.15, 0.2) is 24.3 Å². The molecular weight excluding hydrogens is 196 g/mol. The van der Waals surface area contributed by atoms with Crippen molar-refractivity contribution in [3.05, 3.63) is 24.3 Å². The van der Waals surface area contributed by atoms with Gasteiger partial charge in [-0.2, -0.15) is 0 Å². The molecule has 2 nitrogen and oxygen atoms in total. The molecule has 0 spiro atoms. The molecule has 1 aliphatic carbocycles. The topological polar surface area (TPSA) is 15.3 Å². The molecule has 1 aromatic carbocycles. The molecule has 0 atom stereocenters. The van der Waals surface area contributed by atoms with E-state index in [-0.39, 0.29) is 0 Å². The van der Waals surface area contributed by atoms with Crippen molar-refractivity contribution < 1.29 is 0 Å². The smallest absolute Gasteiger partial charge is 0.0604 e. The van der Waals surface area contributed by atoms with Gasteiger partial charge in [-0.25, -0.2) is 0 Å². The van der Waals surface area contributed by atoms with Crippen molar-refractivity contribution in [1.29, 1.82) is 0 Å². The highest BCUT2D eigenvalue weighted by Crippen LogP contribution is 2.40. The van der Waals surface area contributed by atoms with Crippen molar-refractivity contribution in [3.63, 3.8) is 0 Å². The highest BCUT2D eigenvalue weighted by atomic mass is 15.2. The van der Waals surface area contributed by atoms with Gasteiger partial charge < -0.3 is 10.2 Å². The van der Waals surface area contributed by atoms with Crippen LogP contribution < -0.4 is 10.2 Å². The summed E-state index contributed by atoms with van der Waals surface area (Å²) in [7, 11) is 0. The summed E-state index contributed by atoms with van der Waals surface area (Å²) in [5.41, 5.74) is 3.05. The van der Waals surface area contributed by atoms with Gasteiger partial charge in [-0.05, 0) is 30.4 Å². The Hall–Kier alpha value is -1.18. The number of anilines is 2. The van der Waals surface area contributed by atoms with E-state index in [9.17, 15) is 0 Å². The van der Waals surface area contributed by atoms with E-state index in [0.29, 0.717) is 5.41 Å². The predicted molar refractivity (Wildman–Crippen MR) is 69.1 cm³/mol. The highest BCUT2D eigenvalue weighted by Gasteiger charge is 2.35. The molecule has 0 amide bonds. The Morgan fingerprint density at radius 1 is 1.25 bits per heavy atom. The number of para-hydroxylation sites is 2. The molecule has 0 saturated heterocycles. The number of rotatable bonds is 1. The lowest BCUT2D eigenvalue weighted by molar-refractivity contribution is 0.394. The van der Waals surface area contributed by atoms with Crippen LogP contribution in [0.1, 0.15) is 26.7 Å². The molecule has 1 aromatic rings. The molecule has 1 fully saturated rings. The van der Waals surface area contributed by atoms with Crippen molar-refractivity contribution in [3.8, 4) is 0 Å². The minimum Gasteiger partial charge on any atom is -0.383 e. The monoisotopic (exact) mass is 216 g/mol. The first-order valence-electron chi connectivity index (χ1n) is 6.25. The molecule has 0 radical (unpaired) electrons. The van der Waals surface area contributed by atoms with Crippen LogP contribution in [0.4, 0.5) is 11.4 Å². The van der Waals surface area contributed by atoms with Gasteiger partial charge in [0.2, 0.25) is 0 Å². The van der Waals surface area contributed by atoms with E-state index < -0.39 is 0 Å². The molecule has 1 aliphatic heterocycles. The number of hydrogen-bond donors (Lipinski definition) is 1. The Kier molecular flexibility index (Phi) is 2.13. The lowest BCUT2D eigenvalue weighted by Gasteiger charge is -2.31. The minimum absolute atomic E-state index is 0.349. The summed E-state index contributed by atoms with van der Waals surface area (Å²) in [6.07, 6.45) is 2.73. The van der Waals surface area contributed by atoms with Crippen molar-refractivity contribution >= 4 is 11.4 Å². The fourth-order valence-electron chi connectivity index (χ4n) is 2.52. The third-order valence-corrected chi connectivity index (χ3v) is 3.56. The summed E-state index contributed by atoms with van der Waals surface area (Å²) in [6, 6.07) is 9.51. The fraction of sp³-hybridized carbons (Fsp3) is 0.571. The lowest BCUT2D eigenvalue weighted by atomic mass is 9.93. The quantitative estimate of drug-likeness (QED) is 0.776. The van der Waals surface area contributed by atoms with E-state index in [1.165, 1.54) is 30.8 Å². The average Bonchev–Trinajstić information content (AvgIpc) is 3.07. The predicted octanol–water partition coefficient (Wildman–Crippen LogP) is 3.11. The highest BCUT2D eigenvalue weighted by molar-refractivity contribution is 5.71. The zero-order chi connectivity index (χ0) is 11.2. The van der Waals surface area contributed by atoms with Crippen molar-refractivity contribution in [2.45, 2.75) is 32.7 Å². The second-order valence-corrected chi connectivity index (χ2v) is 5.89. The first-order chi connectivity index (χ1) is 7.66. The van der Waals surface area contributed by atoms with Gasteiger partial charge in [-0.15, -0.1) is 0 Å². The molecule has 0 bridgehead atoms. The molecule has 1 N–H and O–H groups in total. The van der Waals surface area contributed by atoms with Crippen LogP contribution in [-0.2, 0) is 0 Å². The Morgan fingerprint density at radius 2 is 2.00 bits per heavy atom. The fourth-order valence-corrected chi connectivity index (χ4v) is 2.52. The third-order valence-electron chi connectivity index (χ3n) is 3.56. The summed E-state index contributed by atoms with van der Waals surface area (Å²) in [5.74, 6) is 0. The Bertz CT molecular complexity index is 393. The first-order valence-corrected chi connectivity index (χ1v) is 6.25. The summed E-state index contributed by atoms with van der Waals surface area (Å²) < 4.78 is 0. The summed E-state index contributed by atoms with van der Waals surface area (Å²) in [4.78, 5) is 2.61. The number of fused-ring (bicyclic) bond motifs is 1. The number of hydrogen-bond acceptors (Lipinski definition) is 2. The third kappa shape index (κ3) is 1.77. The van der Waals surface area contributed by atoms with E-state index in [4.69, 9.17) is 0 Å². The molecule has 2 heteroatoms. The second-order valence-electron chi connectivity index (χ2n) is 5.89. The molecular formula is C14H20N2. The molecule has 86 valence electrons. The number of benzene rings is 1. The van der Waals surface area contributed by atoms with Gasteiger partial charge in [-0.3, -0.25) is 0 Å². The van der Waals surface area contributed by atoms with E-state index in [1.807, 2.05) is 0 Å². The van der Waals surface area contributed by atoms with E-state index in [0.717, 1.165) is 12.6 Å². The normalized spacial score (nSPS) is 23.2. The van der Waals surface area contributed by atoms with E-state index in [2.05, 4.69) is 48.3 Å². The van der Waals surface area contributed by atoms with Gasteiger partial charge in [0, 0.05) is 19.1 Å². The van der Waals surface area contributed by atoms with Gasteiger partial charge in [0.1, 0.15) is 0 Å². The van der Waals surface area contributed by atoms with Gasteiger partial charge in [-0.1, -0.05) is 26.0 Å². The van der Waals surface area contributed by atoms with Gasteiger partial charge in [0.15, 0.2) is 0 Å². The van der Waals surface area contributed by atoms with Crippen LogP contribution >= 0.6 is 0 Å². The maximum absolute atomic E-state index is 3.59. The maximum atomic E-state index is 3.59. The Balaban J connectivity index is 2.00. The Morgan fingerprint density at radius 3 is 2.75 bits per heavy atom. The number of nitrogens with zero attached hydrogens (tertiary/aromatic N) is 1. The van der Waals surface area contributed by atoms with Gasteiger partial charge in [0.05, 0.1) is 11.4 Å². The average molecular weight is 216 g/mol. The first kappa shape index (κ1) is 10.0. The SMILES string of the molecule is CC1(C)CNc2ccccc2N(C2CC2)C1. The lowest BCUT2D eigenvalue weighted by Crippen LogP contribution is -2.37. The van der Waals surface area contributed by atoms with Crippen LogP contribution in [-0.4, -0.2) is 19.1 Å². The zero-order valence-corrected chi connectivity index (χ0v) is 10.2. The molecule has 0 aromatic heterocycles. The molecule has 3 rings (SSSR count). The molecule has 1 saturated carbocycles. The van der Waals surface area contributed by atoms with Gasteiger partial charge in [0.25, 0.3) is 0 Å². The van der Waals surface area contributed by atoms with Crippen molar-refractivity contribution in [1.82, 2.24) is 0 Å². The Labute approximate surface area is 97.6 Å². The molecule has 2 aliphatic rings. The number of nitrogens with one attached hydrogen (secondary N) is 1. The van der Waals surface area contributed by atoms with Crippen LogP contribution in [0.25, 0.3) is 0 Å². The van der Waals surface area contributed by atoms with E-state index in [1.54, 1.807) is 0 Å². The second kappa shape index (κ2) is 3.41. The van der Waals surface area contributed by atoms with Gasteiger partial charge >= 0.3 is 0 Å².